The van der Waals surface area contributed by atoms with Crippen molar-refractivity contribution in [3.05, 3.63) is 108 Å². The summed E-state index contributed by atoms with van der Waals surface area (Å²) in [5.74, 6) is 0. The van der Waals surface area contributed by atoms with E-state index in [1.54, 1.807) is 0 Å². The van der Waals surface area contributed by atoms with Gasteiger partial charge in [0.25, 0.3) is 0 Å². The van der Waals surface area contributed by atoms with Gasteiger partial charge in [-0.15, -0.1) is 8.58 Å². The zero-order chi connectivity index (χ0) is 15.3. The Hall–Kier alpha value is -1.91. The predicted molar refractivity (Wildman–Crippen MR) is 98.3 cm³/mol. The van der Waals surface area contributed by atoms with Crippen molar-refractivity contribution >= 4 is 8.58 Å². The van der Waals surface area contributed by atoms with Crippen molar-refractivity contribution in [2.75, 3.05) is 12.8 Å². The lowest BCUT2D eigenvalue weighted by atomic mass is 9.71. The number of hydrogen-bond acceptors (Lipinski definition) is 0. The van der Waals surface area contributed by atoms with Crippen molar-refractivity contribution in [3.63, 3.8) is 0 Å². The van der Waals surface area contributed by atoms with Crippen molar-refractivity contribution < 1.29 is 0 Å². The van der Waals surface area contributed by atoms with E-state index >= 15 is 0 Å². The first kappa shape index (κ1) is 15.0. The predicted octanol–water partition coefficient (Wildman–Crippen LogP) is 5.33. The average molecular weight is 304 g/mol. The average Bonchev–Trinajstić information content (AvgIpc) is 2.62. The summed E-state index contributed by atoms with van der Waals surface area (Å²) in [6.07, 6.45) is 1.13. The lowest BCUT2D eigenvalue weighted by molar-refractivity contribution is 0.703. The highest BCUT2D eigenvalue weighted by Gasteiger charge is 2.35. The maximum absolute atomic E-state index is 2.30. The molecule has 22 heavy (non-hydrogen) atoms. The van der Waals surface area contributed by atoms with E-state index in [0.717, 1.165) is 14.7 Å². The summed E-state index contributed by atoms with van der Waals surface area (Å²) >= 11 is 0. The fourth-order valence-electron chi connectivity index (χ4n) is 3.24. The van der Waals surface area contributed by atoms with E-state index < -0.39 is 0 Å². The maximum atomic E-state index is 2.30. The summed E-state index contributed by atoms with van der Waals surface area (Å²) in [6.45, 7) is 2.30. The van der Waals surface area contributed by atoms with E-state index in [4.69, 9.17) is 0 Å². The molecule has 0 spiro atoms. The first-order chi connectivity index (χ1) is 10.9. The molecule has 3 aromatic carbocycles. The van der Waals surface area contributed by atoms with Crippen molar-refractivity contribution in [2.24, 2.45) is 0 Å². The molecule has 0 saturated heterocycles. The smallest absolute Gasteiger partial charge is 0.0487 e. The molecule has 0 heterocycles. The second-order valence-corrected chi connectivity index (χ2v) is 6.59. The Labute approximate surface area is 135 Å². The van der Waals surface area contributed by atoms with Gasteiger partial charge in [-0.25, -0.2) is 0 Å². The molecular weight excluding hydrogens is 283 g/mol. The van der Waals surface area contributed by atoms with Crippen LogP contribution in [0.1, 0.15) is 16.7 Å². The highest BCUT2D eigenvalue weighted by atomic mass is 31.1. The molecular formula is C21H21P. The standard InChI is InChI=1S/C21H21P/c1-22-17-21(18-11-5-2-6-12-18,19-13-7-3-8-14-19)20-15-9-4-10-16-20/h2-16,22H,17H2,1H3. The third-order valence-electron chi connectivity index (χ3n) is 4.24. The SMILES string of the molecule is CPCC(c1ccccc1)(c1ccccc1)c1ccccc1. The molecule has 3 aromatic rings. The lowest BCUT2D eigenvalue weighted by Gasteiger charge is -2.36. The minimum atomic E-state index is -0.0586. The Bertz CT molecular complexity index is 593. The van der Waals surface area contributed by atoms with E-state index in [9.17, 15) is 0 Å². The molecule has 0 bridgehead atoms. The van der Waals surface area contributed by atoms with Crippen molar-refractivity contribution in [1.29, 1.82) is 0 Å². The van der Waals surface area contributed by atoms with Crippen molar-refractivity contribution in [2.45, 2.75) is 5.41 Å². The third kappa shape index (κ3) is 2.72. The Kier molecular flexibility index (Phi) is 4.71. The normalized spacial score (nSPS) is 11.9. The minimum absolute atomic E-state index is 0.0586. The van der Waals surface area contributed by atoms with Crippen LogP contribution in [0.25, 0.3) is 0 Å². The molecule has 0 saturated carbocycles. The molecule has 1 atom stereocenters. The van der Waals surface area contributed by atoms with E-state index in [0.29, 0.717) is 0 Å². The highest BCUT2D eigenvalue weighted by Crippen LogP contribution is 2.42. The van der Waals surface area contributed by atoms with Crippen molar-refractivity contribution in [1.82, 2.24) is 0 Å². The van der Waals surface area contributed by atoms with E-state index in [-0.39, 0.29) is 5.41 Å². The Morgan fingerprint density at radius 1 is 0.591 bits per heavy atom. The van der Waals surface area contributed by atoms with E-state index in [1.165, 1.54) is 16.7 Å². The van der Waals surface area contributed by atoms with Gasteiger partial charge in [-0.3, -0.25) is 0 Å². The van der Waals surface area contributed by atoms with E-state index in [1.807, 2.05) is 0 Å². The lowest BCUT2D eigenvalue weighted by Crippen LogP contribution is -2.31. The third-order valence-corrected chi connectivity index (χ3v) is 5.13. The molecule has 3 rings (SSSR count). The van der Waals surface area contributed by atoms with Gasteiger partial charge in [-0.05, 0) is 29.5 Å². The molecule has 0 aromatic heterocycles. The van der Waals surface area contributed by atoms with Gasteiger partial charge < -0.3 is 0 Å². The first-order valence-electron chi connectivity index (χ1n) is 7.69. The van der Waals surface area contributed by atoms with Crippen LogP contribution in [0.4, 0.5) is 0 Å². The van der Waals surface area contributed by atoms with Crippen LogP contribution in [0.5, 0.6) is 0 Å². The van der Waals surface area contributed by atoms with Crippen LogP contribution >= 0.6 is 8.58 Å². The van der Waals surface area contributed by atoms with E-state index in [2.05, 4.69) is 97.7 Å². The van der Waals surface area contributed by atoms with Crippen LogP contribution in [-0.4, -0.2) is 12.8 Å². The van der Waals surface area contributed by atoms with Gasteiger partial charge >= 0.3 is 0 Å². The highest BCUT2D eigenvalue weighted by molar-refractivity contribution is 7.37. The topological polar surface area (TPSA) is 0 Å². The quantitative estimate of drug-likeness (QED) is 0.441. The van der Waals surface area contributed by atoms with Gasteiger partial charge in [0.15, 0.2) is 0 Å². The molecule has 0 amide bonds. The van der Waals surface area contributed by atoms with Crippen LogP contribution in [0.2, 0.25) is 0 Å². The molecule has 1 unspecified atom stereocenters. The second-order valence-electron chi connectivity index (χ2n) is 5.53. The largest absolute Gasteiger partial charge is 0.124 e. The zero-order valence-electron chi connectivity index (χ0n) is 12.9. The fourth-order valence-corrected chi connectivity index (χ4v) is 4.38. The summed E-state index contributed by atoms with van der Waals surface area (Å²) in [5, 5.41) is 0. The van der Waals surface area contributed by atoms with Crippen LogP contribution in [-0.2, 0) is 5.41 Å². The molecule has 0 aliphatic rings. The van der Waals surface area contributed by atoms with Gasteiger partial charge in [0.1, 0.15) is 0 Å². The molecule has 110 valence electrons. The Balaban J connectivity index is 2.29. The minimum Gasteiger partial charge on any atom is -0.124 e. The molecule has 0 aliphatic heterocycles. The monoisotopic (exact) mass is 304 g/mol. The van der Waals surface area contributed by atoms with Crippen LogP contribution in [0, 0.1) is 0 Å². The summed E-state index contributed by atoms with van der Waals surface area (Å²) in [6, 6.07) is 32.8. The molecule has 0 radical (unpaired) electrons. The molecule has 0 aliphatic carbocycles. The first-order valence-corrected chi connectivity index (χ1v) is 9.40. The number of benzene rings is 3. The van der Waals surface area contributed by atoms with Gasteiger partial charge in [-0.1, -0.05) is 91.0 Å². The summed E-state index contributed by atoms with van der Waals surface area (Å²) in [7, 11) is 0.886. The second kappa shape index (κ2) is 6.90. The summed E-state index contributed by atoms with van der Waals surface area (Å²) in [5.41, 5.74) is 4.07. The van der Waals surface area contributed by atoms with Crippen LogP contribution in [0.3, 0.4) is 0 Å². The Morgan fingerprint density at radius 3 is 1.18 bits per heavy atom. The Morgan fingerprint density at radius 2 is 0.909 bits per heavy atom. The molecule has 0 N–H and O–H groups in total. The molecule has 0 fully saturated rings. The molecule has 0 nitrogen and oxygen atoms in total. The maximum Gasteiger partial charge on any atom is 0.0487 e. The van der Waals surface area contributed by atoms with Gasteiger partial charge in [0, 0.05) is 5.41 Å². The van der Waals surface area contributed by atoms with Crippen molar-refractivity contribution in [3.8, 4) is 0 Å². The van der Waals surface area contributed by atoms with Gasteiger partial charge in [0.05, 0.1) is 0 Å². The van der Waals surface area contributed by atoms with Crippen LogP contribution in [0.15, 0.2) is 91.0 Å². The van der Waals surface area contributed by atoms with Gasteiger partial charge in [0.2, 0.25) is 0 Å². The molecule has 1 heteroatoms. The van der Waals surface area contributed by atoms with Crippen LogP contribution < -0.4 is 0 Å². The fraction of sp³-hybridized carbons (Fsp3) is 0.143. The zero-order valence-corrected chi connectivity index (χ0v) is 13.9. The summed E-state index contributed by atoms with van der Waals surface area (Å²) < 4.78 is 0. The number of hydrogen-bond donors (Lipinski definition) is 0. The van der Waals surface area contributed by atoms with Gasteiger partial charge in [-0.2, -0.15) is 0 Å². The number of rotatable bonds is 5. The summed E-state index contributed by atoms with van der Waals surface area (Å²) in [4.78, 5) is 0.